The fraction of sp³-hybridized carbons (Fsp3) is 0.154. The van der Waals surface area contributed by atoms with Gasteiger partial charge in [0.25, 0.3) is 5.91 Å². The first kappa shape index (κ1) is 12.4. The van der Waals surface area contributed by atoms with E-state index >= 15 is 0 Å². The summed E-state index contributed by atoms with van der Waals surface area (Å²) < 4.78 is 0. The third-order valence-corrected chi connectivity index (χ3v) is 3.51. The van der Waals surface area contributed by atoms with E-state index in [2.05, 4.69) is 5.32 Å². The molecule has 18 heavy (non-hydrogen) atoms. The number of nitrogens with two attached hydrogens (primary N) is 1. The molecule has 0 aliphatic heterocycles. The van der Waals surface area contributed by atoms with Crippen molar-refractivity contribution in [2.75, 3.05) is 5.73 Å². The van der Waals surface area contributed by atoms with Crippen LogP contribution in [0.1, 0.15) is 20.1 Å². The van der Waals surface area contributed by atoms with Gasteiger partial charge in [0, 0.05) is 15.3 Å². The molecule has 2 aromatic rings. The van der Waals surface area contributed by atoms with Crippen LogP contribution in [0.5, 0.6) is 5.75 Å². The molecule has 4 N–H and O–H groups in total. The zero-order valence-electron chi connectivity index (χ0n) is 9.93. The molecule has 2 rings (SSSR count). The van der Waals surface area contributed by atoms with Gasteiger partial charge in [0.1, 0.15) is 5.75 Å². The molecule has 0 radical (unpaired) electrons. The SMILES string of the molecule is Cc1ccc(CNC(=O)c2ccc(N)c(O)c2)s1. The lowest BCUT2D eigenvalue weighted by molar-refractivity contribution is 0.0951. The second-order valence-corrected chi connectivity index (χ2v) is 5.34. The van der Waals surface area contributed by atoms with Crippen LogP contribution in [0.3, 0.4) is 0 Å². The number of rotatable bonds is 3. The Bertz CT molecular complexity index is 578. The fourth-order valence-electron chi connectivity index (χ4n) is 1.53. The highest BCUT2D eigenvalue weighted by molar-refractivity contribution is 7.11. The predicted molar refractivity (Wildman–Crippen MR) is 72.7 cm³/mol. The van der Waals surface area contributed by atoms with E-state index in [-0.39, 0.29) is 17.3 Å². The molecule has 1 aromatic heterocycles. The number of nitrogen functional groups attached to an aromatic ring is 1. The minimum absolute atomic E-state index is 0.0744. The first-order valence-corrected chi connectivity index (χ1v) is 6.30. The minimum Gasteiger partial charge on any atom is -0.506 e. The minimum atomic E-state index is -0.226. The van der Waals surface area contributed by atoms with Crippen molar-refractivity contribution in [1.82, 2.24) is 5.32 Å². The number of thiophene rings is 1. The van der Waals surface area contributed by atoms with Crippen molar-refractivity contribution in [2.24, 2.45) is 0 Å². The monoisotopic (exact) mass is 262 g/mol. The third-order valence-electron chi connectivity index (χ3n) is 2.51. The van der Waals surface area contributed by atoms with Crippen LogP contribution >= 0.6 is 11.3 Å². The number of aromatic hydroxyl groups is 1. The van der Waals surface area contributed by atoms with Gasteiger partial charge in [-0.05, 0) is 37.3 Å². The number of nitrogens with one attached hydrogen (secondary N) is 1. The lowest BCUT2D eigenvalue weighted by atomic mass is 10.2. The molecule has 0 spiro atoms. The Kier molecular flexibility index (Phi) is 3.53. The number of phenolic OH excluding ortho intramolecular Hbond substituents is 1. The molecular formula is C13H14N2O2S. The maximum absolute atomic E-state index is 11.8. The van der Waals surface area contributed by atoms with E-state index in [1.54, 1.807) is 17.4 Å². The smallest absolute Gasteiger partial charge is 0.251 e. The van der Waals surface area contributed by atoms with Gasteiger partial charge in [-0.15, -0.1) is 11.3 Å². The van der Waals surface area contributed by atoms with Crippen LogP contribution in [0.25, 0.3) is 0 Å². The van der Waals surface area contributed by atoms with E-state index < -0.39 is 0 Å². The molecule has 94 valence electrons. The predicted octanol–water partition coefficient (Wildman–Crippen LogP) is 2.27. The summed E-state index contributed by atoms with van der Waals surface area (Å²) in [6.45, 7) is 2.51. The highest BCUT2D eigenvalue weighted by Gasteiger charge is 2.08. The van der Waals surface area contributed by atoms with Crippen LogP contribution in [0, 0.1) is 6.92 Å². The summed E-state index contributed by atoms with van der Waals surface area (Å²) in [6.07, 6.45) is 0. The van der Waals surface area contributed by atoms with Gasteiger partial charge in [-0.3, -0.25) is 4.79 Å². The number of phenols is 1. The molecular weight excluding hydrogens is 248 g/mol. The summed E-state index contributed by atoms with van der Waals surface area (Å²) in [5.74, 6) is -0.300. The molecule has 1 aromatic carbocycles. The Morgan fingerprint density at radius 3 is 2.78 bits per heavy atom. The molecule has 0 bridgehead atoms. The summed E-state index contributed by atoms with van der Waals surface area (Å²) in [5, 5.41) is 12.2. The normalized spacial score (nSPS) is 10.3. The summed E-state index contributed by atoms with van der Waals surface area (Å²) in [4.78, 5) is 14.1. The Labute approximate surface area is 109 Å². The van der Waals surface area contributed by atoms with Crippen molar-refractivity contribution < 1.29 is 9.90 Å². The summed E-state index contributed by atoms with van der Waals surface area (Å²) in [6, 6.07) is 8.47. The van der Waals surface area contributed by atoms with E-state index in [1.807, 2.05) is 19.1 Å². The number of anilines is 1. The molecule has 5 heteroatoms. The maximum Gasteiger partial charge on any atom is 0.251 e. The largest absolute Gasteiger partial charge is 0.506 e. The molecule has 0 saturated carbocycles. The number of aryl methyl sites for hydroxylation is 1. The van der Waals surface area contributed by atoms with Gasteiger partial charge in [0.05, 0.1) is 12.2 Å². The number of hydrogen-bond acceptors (Lipinski definition) is 4. The van der Waals surface area contributed by atoms with Crippen molar-refractivity contribution in [3.8, 4) is 5.75 Å². The van der Waals surface area contributed by atoms with Crippen LogP contribution < -0.4 is 11.1 Å². The molecule has 0 atom stereocenters. The van der Waals surface area contributed by atoms with E-state index in [9.17, 15) is 9.90 Å². The number of carbonyl (C=O) groups excluding carboxylic acids is 1. The number of amides is 1. The van der Waals surface area contributed by atoms with Gasteiger partial charge >= 0.3 is 0 Å². The Hall–Kier alpha value is -2.01. The van der Waals surface area contributed by atoms with Gasteiger partial charge < -0.3 is 16.2 Å². The van der Waals surface area contributed by atoms with Gasteiger partial charge in [0.2, 0.25) is 0 Å². The van der Waals surface area contributed by atoms with Crippen molar-refractivity contribution in [3.05, 3.63) is 45.6 Å². The van der Waals surface area contributed by atoms with Crippen molar-refractivity contribution >= 4 is 22.9 Å². The van der Waals surface area contributed by atoms with Gasteiger partial charge in [-0.25, -0.2) is 0 Å². The summed E-state index contributed by atoms with van der Waals surface area (Å²) in [5.41, 5.74) is 6.14. The molecule has 0 fully saturated rings. The summed E-state index contributed by atoms with van der Waals surface area (Å²) >= 11 is 1.65. The fourth-order valence-corrected chi connectivity index (χ4v) is 2.36. The molecule has 1 amide bonds. The maximum atomic E-state index is 11.8. The first-order chi connectivity index (χ1) is 8.56. The number of benzene rings is 1. The topological polar surface area (TPSA) is 75.4 Å². The van der Waals surface area contributed by atoms with Crippen molar-refractivity contribution in [2.45, 2.75) is 13.5 Å². The molecule has 0 aliphatic carbocycles. The van der Waals surface area contributed by atoms with E-state index in [0.717, 1.165) is 4.88 Å². The number of hydrogen-bond donors (Lipinski definition) is 3. The van der Waals surface area contributed by atoms with E-state index in [0.29, 0.717) is 12.1 Å². The summed E-state index contributed by atoms with van der Waals surface area (Å²) in [7, 11) is 0. The lowest BCUT2D eigenvalue weighted by Gasteiger charge is -2.05. The molecule has 0 unspecified atom stereocenters. The van der Waals surface area contributed by atoms with Gasteiger partial charge in [-0.1, -0.05) is 0 Å². The highest BCUT2D eigenvalue weighted by Crippen LogP contribution is 2.20. The third kappa shape index (κ3) is 2.81. The average Bonchev–Trinajstić information content (AvgIpc) is 2.75. The Morgan fingerprint density at radius 2 is 2.17 bits per heavy atom. The molecule has 0 aliphatic rings. The van der Waals surface area contributed by atoms with E-state index in [4.69, 9.17) is 5.73 Å². The zero-order valence-corrected chi connectivity index (χ0v) is 10.8. The van der Waals surface area contributed by atoms with Crippen molar-refractivity contribution in [1.29, 1.82) is 0 Å². The van der Waals surface area contributed by atoms with Crippen LogP contribution in [0.4, 0.5) is 5.69 Å². The zero-order chi connectivity index (χ0) is 13.1. The Balaban J connectivity index is 2.01. The van der Waals surface area contributed by atoms with Gasteiger partial charge in [-0.2, -0.15) is 0 Å². The lowest BCUT2D eigenvalue weighted by Crippen LogP contribution is -2.22. The molecule has 4 nitrogen and oxygen atoms in total. The van der Waals surface area contributed by atoms with E-state index in [1.165, 1.54) is 17.0 Å². The first-order valence-electron chi connectivity index (χ1n) is 5.48. The second-order valence-electron chi connectivity index (χ2n) is 3.97. The molecule has 0 saturated heterocycles. The van der Waals surface area contributed by atoms with Gasteiger partial charge in [0.15, 0.2) is 0 Å². The van der Waals surface area contributed by atoms with Crippen LogP contribution in [-0.4, -0.2) is 11.0 Å². The van der Waals surface area contributed by atoms with Crippen LogP contribution in [0.2, 0.25) is 0 Å². The van der Waals surface area contributed by atoms with Crippen LogP contribution in [-0.2, 0) is 6.54 Å². The van der Waals surface area contributed by atoms with Crippen LogP contribution in [0.15, 0.2) is 30.3 Å². The quantitative estimate of drug-likeness (QED) is 0.586. The highest BCUT2D eigenvalue weighted by atomic mass is 32.1. The number of carbonyl (C=O) groups is 1. The standard InChI is InChI=1S/C13H14N2O2S/c1-8-2-4-10(18-8)7-15-13(17)9-3-5-11(14)12(16)6-9/h2-6,16H,7,14H2,1H3,(H,15,17). The van der Waals surface area contributed by atoms with Crippen molar-refractivity contribution in [3.63, 3.8) is 0 Å². The Morgan fingerprint density at radius 1 is 1.39 bits per heavy atom. The average molecular weight is 262 g/mol. The second kappa shape index (κ2) is 5.10. The molecule has 1 heterocycles.